The van der Waals surface area contributed by atoms with E-state index in [0.717, 1.165) is 11.0 Å². The third-order valence-corrected chi connectivity index (χ3v) is 7.07. The van der Waals surface area contributed by atoms with E-state index >= 15 is 0 Å². The molecule has 0 bridgehead atoms. The molecule has 1 aromatic carbocycles. The normalized spacial score (nSPS) is 18.7. The van der Waals surface area contributed by atoms with Crippen LogP contribution in [0.15, 0.2) is 42.1 Å². The largest absolute Gasteiger partial charge is 0.491 e. The van der Waals surface area contributed by atoms with Crippen LogP contribution >= 0.6 is 23.4 Å². The van der Waals surface area contributed by atoms with E-state index in [-0.39, 0.29) is 17.4 Å². The number of thioether (sulfide) groups is 1. The number of nitrogens with zero attached hydrogens (tertiary/aromatic N) is 3. The highest BCUT2D eigenvalue weighted by Crippen LogP contribution is 2.30. The second-order valence-corrected chi connectivity index (χ2v) is 9.67. The maximum Gasteiger partial charge on any atom is 0.191 e. The monoisotopic (exact) mass is 413 g/mol. The minimum absolute atomic E-state index is 0.0961. The van der Waals surface area contributed by atoms with E-state index in [4.69, 9.17) is 16.3 Å². The highest BCUT2D eigenvalue weighted by Gasteiger charge is 2.33. The number of aromatic nitrogens is 3. The van der Waals surface area contributed by atoms with Crippen molar-refractivity contribution in [3.05, 3.63) is 47.8 Å². The zero-order valence-electron chi connectivity index (χ0n) is 14.2. The molecule has 1 aliphatic heterocycles. The van der Waals surface area contributed by atoms with Crippen LogP contribution in [0.4, 0.5) is 0 Å². The summed E-state index contributed by atoms with van der Waals surface area (Å²) >= 11 is 7.58. The summed E-state index contributed by atoms with van der Waals surface area (Å²) in [6.45, 7) is 4.80. The lowest BCUT2D eigenvalue weighted by Crippen LogP contribution is -2.11. The molecule has 1 fully saturated rings. The molecule has 2 aromatic rings. The number of hydrogen-bond acceptors (Lipinski definition) is 6. The minimum Gasteiger partial charge on any atom is -0.491 e. The Morgan fingerprint density at radius 1 is 1.38 bits per heavy atom. The highest BCUT2D eigenvalue weighted by atomic mass is 35.5. The quantitative estimate of drug-likeness (QED) is 0.376. The van der Waals surface area contributed by atoms with Gasteiger partial charge >= 0.3 is 0 Å². The van der Waals surface area contributed by atoms with Crippen LogP contribution in [-0.2, 0) is 16.4 Å². The molecule has 140 valence electrons. The highest BCUT2D eigenvalue weighted by molar-refractivity contribution is 7.99. The number of halogens is 1. The van der Waals surface area contributed by atoms with Crippen LogP contribution in [0, 0.1) is 0 Å². The van der Waals surface area contributed by atoms with Gasteiger partial charge < -0.3 is 9.30 Å². The molecule has 0 amide bonds. The average molecular weight is 414 g/mol. The van der Waals surface area contributed by atoms with Gasteiger partial charge in [0.15, 0.2) is 15.0 Å². The average Bonchev–Trinajstić information content (AvgIpc) is 3.16. The molecular weight excluding hydrogens is 394 g/mol. The van der Waals surface area contributed by atoms with Crippen molar-refractivity contribution in [3.8, 4) is 5.75 Å². The number of allylic oxidation sites excluding steroid dienone is 1. The predicted molar refractivity (Wildman–Crippen MR) is 104 cm³/mol. The van der Waals surface area contributed by atoms with Gasteiger partial charge in [0, 0.05) is 18.2 Å². The molecule has 1 aliphatic rings. The smallest absolute Gasteiger partial charge is 0.191 e. The molecule has 0 aliphatic carbocycles. The summed E-state index contributed by atoms with van der Waals surface area (Å²) in [4.78, 5) is 0. The first-order chi connectivity index (χ1) is 12.5. The second kappa shape index (κ2) is 8.45. The number of hydrogen-bond donors (Lipinski definition) is 0. The van der Waals surface area contributed by atoms with E-state index in [1.165, 1.54) is 11.8 Å². The van der Waals surface area contributed by atoms with Crippen molar-refractivity contribution in [1.29, 1.82) is 0 Å². The fourth-order valence-corrected chi connectivity index (χ4v) is 5.56. The van der Waals surface area contributed by atoms with E-state index in [2.05, 4.69) is 16.8 Å². The SMILES string of the molecule is C=CCn1c(SCCOc2ccccc2Cl)nnc1C1CCS(=O)(=O)C1. The van der Waals surface area contributed by atoms with Crippen molar-refractivity contribution >= 4 is 33.2 Å². The molecule has 1 unspecified atom stereocenters. The van der Waals surface area contributed by atoms with Crippen molar-refractivity contribution in [2.75, 3.05) is 23.9 Å². The third-order valence-electron chi connectivity index (χ3n) is 4.06. The summed E-state index contributed by atoms with van der Waals surface area (Å²) in [6, 6.07) is 7.34. The van der Waals surface area contributed by atoms with Crippen LogP contribution in [0.2, 0.25) is 5.02 Å². The van der Waals surface area contributed by atoms with Crippen molar-refractivity contribution in [2.45, 2.75) is 24.0 Å². The van der Waals surface area contributed by atoms with E-state index in [1.807, 2.05) is 22.8 Å². The summed E-state index contributed by atoms with van der Waals surface area (Å²) in [6.07, 6.45) is 2.36. The van der Waals surface area contributed by atoms with E-state index in [9.17, 15) is 8.42 Å². The van der Waals surface area contributed by atoms with E-state index in [1.54, 1.807) is 12.1 Å². The summed E-state index contributed by atoms with van der Waals surface area (Å²) in [7, 11) is -2.97. The molecule has 9 heteroatoms. The van der Waals surface area contributed by atoms with Gasteiger partial charge in [0.2, 0.25) is 0 Å². The number of sulfone groups is 1. The fourth-order valence-electron chi connectivity index (χ4n) is 2.85. The summed E-state index contributed by atoms with van der Waals surface area (Å²) in [5.41, 5.74) is 0. The number of para-hydroxylation sites is 1. The van der Waals surface area contributed by atoms with E-state index < -0.39 is 9.84 Å². The van der Waals surface area contributed by atoms with Crippen LogP contribution < -0.4 is 4.74 Å². The molecule has 26 heavy (non-hydrogen) atoms. The summed E-state index contributed by atoms with van der Waals surface area (Å²) in [5, 5.41) is 9.82. The summed E-state index contributed by atoms with van der Waals surface area (Å²) < 4.78 is 31.1. The Labute approximate surface area is 162 Å². The molecule has 0 spiro atoms. The molecule has 0 radical (unpaired) electrons. The molecule has 3 rings (SSSR count). The van der Waals surface area contributed by atoms with Crippen LogP contribution in [0.25, 0.3) is 0 Å². The van der Waals surface area contributed by atoms with Crippen molar-refractivity contribution in [2.24, 2.45) is 0 Å². The Morgan fingerprint density at radius 2 is 2.19 bits per heavy atom. The number of ether oxygens (including phenoxy) is 1. The predicted octanol–water partition coefficient (Wildman–Crippen LogP) is 3.19. The Hall–Kier alpha value is -1.51. The van der Waals surface area contributed by atoms with Crippen LogP contribution in [0.1, 0.15) is 18.2 Å². The first-order valence-electron chi connectivity index (χ1n) is 8.24. The van der Waals surface area contributed by atoms with Crippen molar-refractivity contribution < 1.29 is 13.2 Å². The van der Waals surface area contributed by atoms with Crippen molar-refractivity contribution in [3.63, 3.8) is 0 Å². The lowest BCUT2D eigenvalue weighted by Gasteiger charge is -2.11. The number of rotatable bonds is 8. The molecule has 2 heterocycles. The first-order valence-corrected chi connectivity index (χ1v) is 11.4. The van der Waals surface area contributed by atoms with Crippen LogP contribution in [0.5, 0.6) is 5.75 Å². The molecule has 1 aromatic heterocycles. The zero-order chi connectivity index (χ0) is 18.6. The standard InChI is InChI=1S/C17H20ClN3O3S2/c1-2-8-21-16(13-7-11-26(22,23)12-13)19-20-17(21)25-10-9-24-15-6-4-3-5-14(15)18/h2-6,13H,1,7-12H2. The van der Waals surface area contributed by atoms with Crippen LogP contribution in [-0.4, -0.2) is 47.0 Å². The second-order valence-electron chi connectivity index (χ2n) is 5.97. The van der Waals surface area contributed by atoms with E-state index in [0.29, 0.717) is 36.1 Å². The van der Waals surface area contributed by atoms with Gasteiger partial charge in [-0.1, -0.05) is 41.6 Å². The third kappa shape index (κ3) is 4.61. The lowest BCUT2D eigenvalue weighted by molar-refractivity contribution is 0.344. The zero-order valence-corrected chi connectivity index (χ0v) is 16.6. The van der Waals surface area contributed by atoms with Crippen LogP contribution in [0.3, 0.4) is 0 Å². The fraction of sp³-hybridized carbons (Fsp3) is 0.412. The Kier molecular flexibility index (Phi) is 6.26. The van der Waals surface area contributed by atoms with Crippen molar-refractivity contribution in [1.82, 2.24) is 14.8 Å². The Morgan fingerprint density at radius 3 is 2.88 bits per heavy atom. The molecule has 1 atom stereocenters. The molecule has 0 saturated carbocycles. The van der Waals surface area contributed by atoms with Gasteiger partial charge in [-0.15, -0.1) is 16.8 Å². The molecule has 0 N–H and O–H groups in total. The topological polar surface area (TPSA) is 74.1 Å². The summed E-state index contributed by atoms with van der Waals surface area (Å²) in [5.74, 6) is 2.31. The molecule has 1 saturated heterocycles. The van der Waals surface area contributed by atoms with Gasteiger partial charge in [-0.25, -0.2) is 8.42 Å². The maximum atomic E-state index is 11.8. The number of benzene rings is 1. The van der Waals surface area contributed by atoms with Gasteiger partial charge in [-0.05, 0) is 18.6 Å². The minimum atomic E-state index is -2.97. The van der Waals surface area contributed by atoms with Gasteiger partial charge in [-0.3, -0.25) is 0 Å². The maximum absolute atomic E-state index is 11.8. The lowest BCUT2D eigenvalue weighted by atomic mass is 10.1. The van der Waals surface area contributed by atoms with Gasteiger partial charge in [0.1, 0.15) is 11.6 Å². The first kappa shape index (κ1) is 19.3. The van der Waals surface area contributed by atoms with Gasteiger partial charge in [0.05, 0.1) is 23.1 Å². The Bertz CT molecular complexity index is 883. The molecule has 6 nitrogen and oxygen atoms in total. The molecular formula is C17H20ClN3O3S2. The van der Waals surface area contributed by atoms with Gasteiger partial charge in [-0.2, -0.15) is 0 Å². The Balaban J connectivity index is 1.63. The van der Waals surface area contributed by atoms with Gasteiger partial charge in [0.25, 0.3) is 0 Å².